The van der Waals surface area contributed by atoms with Gasteiger partial charge >= 0.3 is 0 Å². The Balaban J connectivity index is 1.43. The molecule has 0 radical (unpaired) electrons. The molecule has 7 heteroatoms. The molecule has 1 aliphatic rings. The Labute approximate surface area is 142 Å². The minimum Gasteiger partial charge on any atom is -0.302 e. The Hall–Kier alpha value is -1.73. The number of rotatable bonds is 3. The van der Waals surface area contributed by atoms with Crippen LogP contribution in [0.2, 0.25) is 0 Å². The third kappa shape index (κ3) is 3.30. The molecule has 0 saturated carbocycles. The average molecular weight is 346 g/mol. The van der Waals surface area contributed by atoms with Crippen LogP contribution >= 0.6 is 22.7 Å². The van der Waals surface area contributed by atoms with Crippen molar-refractivity contribution in [1.29, 1.82) is 0 Å². The highest BCUT2D eigenvalue weighted by Gasteiger charge is 2.15. The maximum absolute atomic E-state index is 12.2. The van der Waals surface area contributed by atoms with Crippen LogP contribution in [0.5, 0.6) is 0 Å². The number of amides is 1. The average Bonchev–Trinajstić information content (AvgIpc) is 3.14. The molecule has 1 amide bonds. The zero-order valence-corrected chi connectivity index (χ0v) is 14.4. The van der Waals surface area contributed by atoms with Crippen molar-refractivity contribution in [2.24, 2.45) is 0 Å². The van der Waals surface area contributed by atoms with Gasteiger partial charge in [-0.15, -0.1) is 22.7 Å². The summed E-state index contributed by atoms with van der Waals surface area (Å²) in [4.78, 5) is 23.6. The van der Waals surface area contributed by atoms with Crippen molar-refractivity contribution >= 4 is 38.7 Å². The summed E-state index contributed by atoms with van der Waals surface area (Å²) < 4.78 is 1.95. The predicted octanol–water partition coefficient (Wildman–Crippen LogP) is 3.69. The highest BCUT2D eigenvalue weighted by Crippen LogP contribution is 2.28. The number of nitrogens with one attached hydrogen (secondary N) is 1. The minimum absolute atomic E-state index is 0.0440. The third-order valence-corrected chi connectivity index (χ3v) is 5.92. The first-order valence-corrected chi connectivity index (χ1v) is 9.67. The van der Waals surface area contributed by atoms with Crippen LogP contribution in [0.15, 0.2) is 17.8 Å². The monoisotopic (exact) mass is 346 g/mol. The molecule has 0 aliphatic heterocycles. The fourth-order valence-electron chi connectivity index (χ4n) is 2.95. The molecule has 0 aromatic carbocycles. The molecule has 0 fully saturated rings. The van der Waals surface area contributed by atoms with Crippen molar-refractivity contribution in [2.75, 3.05) is 5.32 Å². The first-order chi connectivity index (χ1) is 11.3. The number of aromatic nitrogens is 3. The maximum Gasteiger partial charge on any atom is 0.232 e. The van der Waals surface area contributed by atoms with E-state index >= 15 is 0 Å². The summed E-state index contributed by atoms with van der Waals surface area (Å²) in [6.45, 7) is 0. The second kappa shape index (κ2) is 6.41. The Morgan fingerprint density at radius 3 is 2.96 bits per heavy atom. The standard InChI is InChI=1S/C16H18N4OS2/c21-14(9-11-10-20-7-8-22-16(20)17-11)19-15-18-12-5-3-1-2-4-6-13(12)23-15/h7-8,10H,1-6,9H2,(H,18,19,21). The van der Waals surface area contributed by atoms with Gasteiger partial charge in [0.2, 0.25) is 5.91 Å². The molecular weight excluding hydrogens is 328 g/mol. The van der Waals surface area contributed by atoms with Gasteiger partial charge in [-0.25, -0.2) is 9.97 Å². The second-order valence-electron chi connectivity index (χ2n) is 5.85. The summed E-state index contributed by atoms with van der Waals surface area (Å²) in [5.41, 5.74) is 1.98. The van der Waals surface area contributed by atoms with E-state index in [9.17, 15) is 4.79 Å². The van der Waals surface area contributed by atoms with Crippen LogP contribution in [0.4, 0.5) is 5.13 Å². The number of aryl methyl sites for hydroxylation is 2. The molecule has 4 rings (SSSR count). The van der Waals surface area contributed by atoms with Gasteiger partial charge in [0.05, 0.1) is 17.8 Å². The van der Waals surface area contributed by atoms with Crippen molar-refractivity contribution in [3.05, 3.63) is 34.0 Å². The van der Waals surface area contributed by atoms with Gasteiger partial charge in [-0.2, -0.15) is 0 Å². The molecule has 0 saturated heterocycles. The number of hydrogen-bond donors (Lipinski definition) is 1. The lowest BCUT2D eigenvalue weighted by Gasteiger charge is -2.06. The summed E-state index contributed by atoms with van der Waals surface area (Å²) in [7, 11) is 0. The Kier molecular flexibility index (Phi) is 4.13. The number of hydrogen-bond acceptors (Lipinski definition) is 5. The summed E-state index contributed by atoms with van der Waals surface area (Å²) in [6, 6.07) is 0. The van der Waals surface area contributed by atoms with E-state index in [2.05, 4.69) is 15.3 Å². The van der Waals surface area contributed by atoms with E-state index in [1.54, 1.807) is 22.7 Å². The molecule has 3 aromatic rings. The predicted molar refractivity (Wildman–Crippen MR) is 93.4 cm³/mol. The molecule has 0 unspecified atom stereocenters. The number of nitrogens with zero attached hydrogens (tertiary/aromatic N) is 3. The van der Waals surface area contributed by atoms with Gasteiger partial charge in [-0.3, -0.25) is 9.20 Å². The van der Waals surface area contributed by atoms with E-state index in [0.29, 0.717) is 6.42 Å². The van der Waals surface area contributed by atoms with Crippen LogP contribution in [0.3, 0.4) is 0 Å². The van der Waals surface area contributed by atoms with E-state index in [0.717, 1.165) is 28.6 Å². The molecule has 1 aliphatic carbocycles. The van der Waals surface area contributed by atoms with Crippen molar-refractivity contribution in [2.45, 2.75) is 44.9 Å². The van der Waals surface area contributed by atoms with Gasteiger partial charge in [0.15, 0.2) is 10.1 Å². The van der Waals surface area contributed by atoms with E-state index in [1.165, 1.54) is 36.3 Å². The third-order valence-electron chi connectivity index (χ3n) is 4.08. The highest BCUT2D eigenvalue weighted by molar-refractivity contribution is 7.16. The molecule has 0 bridgehead atoms. The first kappa shape index (κ1) is 14.8. The van der Waals surface area contributed by atoms with E-state index in [4.69, 9.17) is 0 Å². The summed E-state index contributed by atoms with van der Waals surface area (Å²) in [6.07, 6.45) is 11.3. The number of carbonyl (C=O) groups is 1. The fraction of sp³-hybridized carbons (Fsp3) is 0.438. The molecule has 23 heavy (non-hydrogen) atoms. The van der Waals surface area contributed by atoms with E-state index < -0.39 is 0 Å². The normalized spacial score (nSPS) is 15.1. The van der Waals surface area contributed by atoms with Crippen LogP contribution < -0.4 is 5.32 Å². The highest BCUT2D eigenvalue weighted by atomic mass is 32.1. The number of thiazole rings is 2. The number of carbonyl (C=O) groups excluding carboxylic acids is 1. The molecule has 0 atom stereocenters. The Bertz CT molecular complexity index is 778. The quantitative estimate of drug-likeness (QED) is 0.787. The van der Waals surface area contributed by atoms with Gasteiger partial charge < -0.3 is 5.32 Å². The lowest BCUT2D eigenvalue weighted by molar-refractivity contribution is -0.115. The molecule has 3 aromatic heterocycles. The maximum atomic E-state index is 12.2. The zero-order chi connectivity index (χ0) is 15.6. The molecule has 3 heterocycles. The molecule has 0 spiro atoms. The second-order valence-corrected chi connectivity index (χ2v) is 7.81. The SMILES string of the molecule is O=C(Cc1cn2ccsc2n1)Nc1nc2c(s1)CCCCCC2. The molecule has 5 nitrogen and oxygen atoms in total. The molecule has 120 valence electrons. The number of anilines is 1. The summed E-state index contributed by atoms with van der Waals surface area (Å²) in [5.74, 6) is -0.0440. The Morgan fingerprint density at radius 2 is 2.09 bits per heavy atom. The smallest absolute Gasteiger partial charge is 0.232 e. The van der Waals surface area contributed by atoms with Crippen molar-refractivity contribution in [3.63, 3.8) is 0 Å². The first-order valence-electron chi connectivity index (χ1n) is 7.97. The Morgan fingerprint density at radius 1 is 1.22 bits per heavy atom. The van der Waals surface area contributed by atoms with Gasteiger partial charge in [0, 0.05) is 22.7 Å². The fourth-order valence-corrected chi connectivity index (χ4v) is 4.73. The van der Waals surface area contributed by atoms with Gasteiger partial charge in [0.25, 0.3) is 0 Å². The van der Waals surface area contributed by atoms with Crippen LogP contribution in [0.25, 0.3) is 4.96 Å². The van der Waals surface area contributed by atoms with Crippen molar-refractivity contribution in [1.82, 2.24) is 14.4 Å². The lowest BCUT2D eigenvalue weighted by atomic mass is 10.0. The minimum atomic E-state index is -0.0440. The summed E-state index contributed by atoms with van der Waals surface area (Å²) in [5, 5.41) is 5.67. The summed E-state index contributed by atoms with van der Waals surface area (Å²) >= 11 is 3.21. The van der Waals surface area contributed by atoms with Crippen LogP contribution in [-0.2, 0) is 24.1 Å². The van der Waals surface area contributed by atoms with Crippen LogP contribution in [-0.4, -0.2) is 20.3 Å². The zero-order valence-electron chi connectivity index (χ0n) is 12.7. The molecule has 1 N–H and O–H groups in total. The van der Waals surface area contributed by atoms with Crippen LogP contribution in [0.1, 0.15) is 41.9 Å². The van der Waals surface area contributed by atoms with Crippen molar-refractivity contribution < 1.29 is 4.79 Å². The van der Waals surface area contributed by atoms with E-state index in [-0.39, 0.29) is 5.91 Å². The largest absolute Gasteiger partial charge is 0.302 e. The van der Waals surface area contributed by atoms with Crippen LogP contribution in [0, 0.1) is 0 Å². The van der Waals surface area contributed by atoms with Gasteiger partial charge in [-0.1, -0.05) is 12.8 Å². The lowest BCUT2D eigenvalue weighted by Crippen LogP contribution is -2.14. The van der Waals surface area contributed by atoms with Crippen molar-refractivity contribution in [3.8, 4) is 0 Å². The van der Waals surface area contributed by atoms with Gasteiger partial charge in [-0.05, 0) is 25.7 Å². The number of fused-ring (bicyclic) bond motifs is 2. The van der Waals surface area contributed by atoms with E-state index in [1.807, 2.05) is 22.2 Å². The topological polar surface area (TPSA) is 59.3 Å². The van der Waals surface area contributed by atoms with Gasteiger partial charge in [0.1, 0.15) is 0 Å². The number of imidazole rings is 1. The molecular formula is C16H18N4OS2.